The van der Waals surface area contributed by atoms with Crippen molar-refractivity contribution in [1.82, 2.24) is 0 Å². The summed E-state index contributed by atoms with van der Waals surface area (Å²) >= 11 is 0. The summed E-state index contributed by atoms with van der Waals surface area (Å²) in [6.45, 7) is 11.7. The lowest BCUT2D eigenvalue weighted by Gasteiger charge is -2.17. The highest BCUT2D eigenvalue weighted by atomic mass is 17.1. The van der Waals surface area contributed by atoms with Crippen molar-refractivity contribution >= 4 is 5.97 Å². The van der Waals surface area contributed by atoms with Crippen LogP contribution < -0.4 is 5.26 Å². The number of ether oxygens (including phenoxy) is 1. The summed E-state index contributed by atoms with van der Waals surface area (Å²) in [7, 11) is 0. The quantitative estimate of drug-likeness (QED) is 0.271. The monoisotopic (exact) mass is 188 g/mol. The maximum atomic E-state index is 10.3. The molecule has 0 radical (unpaired) electrons. The van der Waals surface area contributed by atoms with Crippen molar-refractivity contribution in [2.45, 2.75) is 53.6 Å². The molecule has 0 saturated heterocycles. The molecule has 0 N–H and O–H groups in total. The number of hydrogen-bond donors (Lipinski definition) is 0. The van der Waals surface area contributed by atoms with Gasteiger partial charge in [0.2, 0.25) is 0 Å². The fourth-order valence-electron chi connectivity index (χ4n) is 0.857. The van der Waals surface area contributed by atoms with Crippen molar-refractivity contribution < 1.29 is 14.6 Å². The van der Waals surface area contributed by atoms with Crippen molar-refractivity contribution in [1.29, 1.82) is 0 Å². The summed E-state index contributed by atoms with van der Waals surface area (Å²) in [5, 5.41) is 10.3. The van der Waals surface area contributed by atoms with Crippen molar-refractivity contribution in [3.05, 3.63) is 0 Å². The van der Waals surface area contributed by atoms with Crippen molar-refractivity contribution in [2.24, 2.45) is 5.41 Å². The molecule has 0 aliphatic heterocycles. The van der Waals surface area contributed by atoms with Gasteiger partial charge < -0.3 is 9.99 Å². The number of carbonyl (C=O) groups excluding carboxylic acids is 1. The van der Waals surface area contributed by atoms with Gasteiger partial charge in [-0.25, -0.2) is 0 Å². The van der Waals surface area contributed by atoms with Crippen LogP contribution in [0.1, 0.15) is 48.0 Å². The standard InChI is InChI=1S/C10H20O3/c1-9(2,3)7-8(13-11)12-10(4,5)6/h7H2,1-6H3. The minimum Gasteiger partial charge on any atom is -0.588 e. The number of esters is 1. The van der Waals surface area contributed by atoms with Crippen LogP contribution in [0.15, 0.2) is 0 Å². The van der Waals surface area contributed by atoms with E-state index >= 15 is 0 Å². The average molecular weight is 188 g/mol. The fourth-order valence-corrected chi connectivity index (χ4v) is 0.857. The molecule has 0 aromatic carbocycles. The van der Waals surface area contributed by atoms with Gasteiger partial charge in [-0.05, 0) is 5.41 Å². The van der Waals surface area contributed by atoms with Gasteiger partial charge in [-0.2, -0.15) is 0 Å². The van der Waals surface area contributed by atoms with Crippen LogP contribution in [0.5, 0.6) is 0 Å². The third-order valence-electron chi connectivity index (χ3n) is 1.19. The molecule has 0 atom stereocenters. The van der Waals surface area contributed by atoms with Crippen LogP contribution in [0.4, 0.5) is 0 Å². The molecule has 0 heterocycles. The van der Waals surface area contributed by atoms with E-state index in [1.807, 2.05) is 41.5 Å². The molecule has 0 saturated carbocycles. The maximum Gasteiger partial charge on any atom is 0.498 e. The van der Waals surface area contributed by atoms with Gasteiger partial charge in [0.25, 0.3) is 0 Å². The summed E-state index contributed by atoms with van der Waals surface area (Å²) in [6.07, 6.45) is 0.522. The van der Waals surface area contributed by atoms with Crippen LogP contribution in [0, 0.1) is 5.41 Å². The highest BCUT2D eigenvalue weighted by Crippen LogP contribution is 2.21. The molecule has 0 aliphatic carbocycles. The van der Waals surface area contributed by atoms with E-state index in [9.17, 15) is 5.26 Å². The Morgan fingerprint density at radius 3 is 1.85 bits per heavy atom. The summed E-state index contributed by atoms with van der Waals surface area (Å²) in [6, 6.07) is 0. The highest BCUT2D eigenvalue weighted by molar-refractivity contribution is 5.70. The van der Waals surface area contributed by atoms with Gasteiger partial charge in [-0.15, -0.1) is 0 Å². The van der Waals surface area contributed by atoms with Gasteiger partial charge in [0.1, 0.15) is 6.42 Å². The Kier molecular flexibility index (Phi) is 3.76. The van der Waals surface area contributed by atoms with Gasteiger partial charge >= 0.3 is 5.97 Å². The topological polar surface area (TPSA) is 43.6 Å². The molecule has 0 unspecified atom stereocenters. The van der Waals surface area contributed by atoms with E-state index in [1.165, 1.54) is 0 Å². The van der Waals surface area contributed by atoms with E-state index < -0.39 is 0 Å². The molecule has 13 heavy (non-hydrogen) atoms. The zero-order chi connectivity index (χ0) is 10.7. The molecule has 0 spiro atoms. The van der Waals surface area contributed by atoms with Crippen LogP contribution >= 0.6 is 0 Å². The van der Waals surface area contributed by atoms with Crippen LogP contribution in [0.3, 0.4) is 0 Å². The van der Waals surface area contributed by atoms with Gasteiger partial charge in [0, 0.05) is 20.8 Å². The average Bonchev–Trinajstić information content (AvgIpc) is 1.79. The molecule has 3 nitrogen and oxygen atoms in total. The molecule has 0 aliphatic rings. The van der Waals surface area contributed by atoms with Crippen LogP contribution in [-0.4, -0.2) is 11.6 Å². The third-order valence-corrected chi connectivity index (χ3v) is 1.19. The second kappa shape index (κ2) is 3.99. The minimum absolute atomic E-state index is 0.00495. The lowest BCUT2D eigenvalue weighted by molar-refractivity contribution is -1.05. The van der Waals surface area contributed by atoms with E-state index in [2.05, 4.69) is 4.58 Å². The predicted octanol–water partition coefficient (Wildman–Crippen LogP) is 1.58. The zero-order valence-electron chi connectivity index (χ0n) is 9.43. The second-order valence-corrected chi connectivity index (χ2v) is 5.41. The van der Waals surface area contributed by atoms with Crippen LogP contribution in [0.25, 0.3) is 0 Å². The van der Waals surface area contributed by atoms with Gasteiger partial charge in [-0.1, -0.05) is 20.8 Å². The first-order valence-electron chi connectivity index (χ1n) is 4.49. The normalized spacial score (nSPS) is 14.5. The Morgan fingerprint density at radius 2 is 1.62 bits per heavy atom. The molecule has 3 heteroatoms. The fraction of sp³-hybridized carbons (Fsp3) is 0.900. The number of hydrogen-bond acceptors (Lipinski definition) is 2. The summed E-state index contributed by atoms with van der Waals surface area (Å²) in [5.41, 5.74) is -0.365. The first-order valence-corrected chi connectivity index (χ1v) is 4.49. The molecule has 0 rings (SSSR count). The van der Waals surface area contributed by atoms with Crippen LogP contribution in [0.2, 0.25) is 0 Å². The van der Waals surface area contributed by atoms with E-state index in [0.29, 0.717) is 6.42 Å². The van der Waals surface area contributed by atoms with Crippen LogP contribution in [-0.2, 0) is 9.31 Å². The van der Waals surface area contributed by atoms with Crippen molar-refractivity contribution in [2.75, 3.05) is 0 Å². The van der Waals surface area contributed by atoms with Crippen molar-refractivity contribution in [3.8, 4) is 0 Å². The summed E-state index contributed by atoms with van der Waals surface area (Å²) in [5.74, 6) is 0.167. The molecule has 0 fully saturated rings. The Bertz CT molecular complexity index is 163. The molecule has 0 amide bonds. The summed E-state index contributed by atoms with van der Waals surface area (Å²) < 4.78 is 9.29. The second-order valence-electron chi connectivity index (χ2n) is 5.41. The largest absolute Gasteiger partial charge is 0.588 e. The van der Waals surface area contributed by atoms with E-state index in [0.717, 1.165) is 0 Å². The Hall–Kier alpha value is -0.730. The van der Waals surface area contributed by atoms with E-state index in [1.54, 1.807) is 0 Å². The van der Waals surface area contributed by atoms with E-state index in [4.69, 9.17) is 4.74 Å². The Balaban J connectivity index is 4.24. The smallest absolute Gasteiger partial charge is 0.498 e. The van der Waals surface area contributed by atoms with Crippen molar-refractivity contribution in [3.63, 3.8) is 0 Å². The number of rotatable bonds is 1. The summed E-state index contributed by atoms with van der Waals surface area (Å²) in [4.78, 5) is 0. The predicted molar refractivity (Wildman–Crippen MR) is 49.9 cm³/mol. The zero-order valence-corrected chi connectivity index (χ0v) is 9.43. The minimum atomic E-state index is -0.370. The molecule has 0 aromatic rings. The highest BCUT2D eigenvalue weighted by Gasteiger charge is 2.30. The molecule has 0 bridgehead atoms. The van der Waals surface area contributed by atoms with Gasteiger partial charge in [-0.3, -0.25) is 4.58 Å². The molecule has 78 valence electrons. The first kappa shape index (κ1) is 12.3. The molecular weight excluding hydrogens is 168 g/mol. The third kappa shape index (κ3) is 7.62. The maximum absolute atomic E-state index is 10.3. The lowest BCUT2D eigenvalue weighted by atomic mass is 9.92. The Morgan fingerprint density at radius 1 is 1.15 bits per heavy atom. The molecular formula is C10H20O3. The van der Waals surface area contributed by atoms with Gasteiger partial charge in [0.15, 0.2) is 5.60 Å². The van der Waals surface area contributed by atoms with Gasteiger partial charge in [0.05, 0.1) is 0 Å². The van der Waals surface area contributed by atoms with E-state index in [-0.39, 0.29) is 17.0 Å². The Labute approximate surface area is 80.3 Å². The lowest BCUT2D eigenvalue weighted by Crippen LogP contribution is -2.29. The SMILES string of the molecule is CC(C)(C)CC(OC(C)(C)C)=[O+][O-]. The first-order chi connectivity index (χ1) is 5.64. The molecule has 0 aromatic heterocycles.